The van der Waals surface area contributed by atoms with Crippen LogP contribution in [0.3, 0.4) is 0 Å². The monoisotopic (exact) mass is 306 g/mol. The van der Waals surface area contributed by atoms with Crippen molar-refractivity contribution in [2.24, 2.45) is 5.92 Å². The van der Waals surface area contributed by atoms with E-state index < -0.39 is 26.7 Å². The van der Waals surface area contributed by atoms with Gasteiger partial charge < -0.3 is 24.7 Å². The molecule has 1 saturated heterocycles. The first-order valence-corrected chi connectivity index (χ1v) is 9.37. The fourth-order valence-corrected chi connectivity index (χ4v) is 5.30. The molecule has 0 atom stereocenters. The van der Waals surface area contributed by atoms with Crippen LogP contribution >= 0.6 is 27.0 Å². The van der Waals surface area contributed by atoms with E-state index in [0.29, 0.717) is 12.8 Å². The molecule has 1 fully saturated rings. The summed E-state index contributed by atoms with van der Waals surface area (Å²) in [5.41, 5.74) is 0. The van der Waals surface area contributed by atoms with Gasteiger partial charge in [0.15, 0.2) is 0 Å². The molecular weight excluding hydrogens is 290 g/mol. The van der Waals surface area contributed by atoms with Crippen molar-refractivity contribution in [2.75, 3.05) is 11.5 Å². The second kappa shape index (κ2) is 5.31. The van der Waals surface area contributed by atoms with Crippen LogP contribution in [-0.2, 0) is 9.13 Å². The molecule has 5 N–H and O–H groups in total. The molecule has 0 spiro atoms. The number of thioether (sulfide) groups is 1. The summed E-state index contributed by atoms with van der Waals surface area (Å²) in [7, 11) is -10.6. The molecule has 0 bridgehead atoms. The summed E-state index contributed by atoms with van der Waals surface area (Å²) in [4.78, 5) is 35.9. The number of rotatable bonds is 4. The minimum Gasteiger partial charge on any atom is -0.368 e. The average molecular weight is 306 g/mol. The number of aliphatic hydroxyl groups is 1. The molecule has 1 heterocycles. The molecule has 0 radical (unpaired) electrons. The van der Waals surface area contributed by atoms with Crippen LogP contribution in [-0.4, -0.2) is 41.3 Å². The second-order valence-corrected chi connectivity index (χ2v) is 9.36. The lowest BCUT2D eigenvalue weighted by Crippen LogP contribution is -2.32. The summed E-state index contributed by atoms with van der Waals surface area (Å²) >= 11 is 1.67. The van der Waals surface area contributed by atoms with E-state index in [1.54, 1.807) is 11.8 Å². The Kier molecular flexibility index (Phi) is 4.89. The van der Waals surface area contributed by atoms with Crippen LogP contribution in [0.15, 0.2) is 0 Å². The van der Waals surface area contributed by atoms with Crippen molar-refractivity contribution in [1.29, 1.82) is 0 Å². The van der Waals surface area contributed by atoms with E-state index in [1.807, 2.05) is 0 Å². The summed E-state index contributed by atoms with van der Waals surface area (Å²) in [6.45, 7) is 0. The first kappa shape index (κ1) is 15.7. The van der Waals surface area contributed by atoms with Gasteiger partial charge in [-0.2, -0.15) is 11.8 Å². The van der Waals surface area contributed by atoms with Gasteiger partial charge >= 0.3 is 15.2 Å². The highest BCUT2D eigenvalue weighted by Crippen LogP contribution is 2.70. The second-order valence-electron chi connectivity index (χ2n) is 4.12. The maximum Gasteiger partial charge on any atom is 0.369 e. The highest BCUT2D eigenvalue weighted by atomic mass is 32.2. The lowest BCUT2D eigenvalue weighted by Gasteiger charge is -2.33. The van der Waals surface area contributed by atoms with Gasteiger partial charge in [0.05, 0.1) is 0 Å². The molecule has 17 heavy (non-hydrogen) atoms. The van der Waals surface area contributed by atoms with E-state index >= 15 is 0 Å². The Labute approximate surface area is 103 Å². The van der Waals surface area contributed by atoms with E-state index in [2.05, 4.69) is 0 Å². The molecule has 0 aliphatic carbocycles. The lowest BCUT2D eigenvalue weighted by molar-refractivity contribution is 0.105. The van der Waals surface area contributed by atoms with Crippen LogP contribution in [0.4, 0.5) is 0 Å². The van der Waals surface area contributed by atoms with E-state index in [1.165, 1.54) is 0 Å². The van der Waals surface area contributed by atoms with Gasteiger partial charge in [-0.1, -0.05) is 0 Å². The molecule has 7 nitrogen and oxygen atoms in total. The zero-order valence-electron chi connectivity index (χ0n) is 8.97. The molecule has 1 rings (SSSR count). The van der Waals surface area contributed by atoms with Crippen LogP contribution in [0, 0.1) is 5.92 Å². The Balaban J connectivity index is 2.92. The van der Waals surface area contributed by atoms with E-state index in [4.69, 9.17) is 19.6 Å². The molecule has 1 aliphatic rings. The van der Waals surface area contributed by atoms with Crippen molar-refractivity contribution in [3.63, 3.8) is 0 Å². The van der Waals surface area contributed by atoms with Gasteiger partial charge in [-0.15, -0.1) is 0 Å². The maximum absolute atomic E-state index is 11.1. The van der Waals surface area contributed by atoms with E-state index in [9.17, 15) is 14.2 Å². The summed E-state index contributed by atoms with van der Waals surface area (Å²) in [6.07, 6.45) is 0.613. The Morgan fingerprint density at radius 1 is 1.06 bits per heavy atom. The minimum atomic E-state index is -5.29. The van der Waals surface area contributed by atoms with Gasteiger partial charge in [0.25, 0.3) is 5.08 Å². The molecule has 102 valence electrons. The molecule has 0 aromatic rings. The van der Waals surface area contributed by atoms with Crippen molar-refractivity contribution in [2.45, 2.75) is 24.3 Å². The van der Waals surface area contributed by atoms with Crippen molar-refractivity contribution in [1.82, 2.24) is 0 Å². The van der Waals surface area contributed by atoms with Gasteiger partial charge in [0, 0.05) is 6.42 Å². The van der Waals surface area contributed by atoms with Gasteiger partial charge in [-0.05, 0) is 30.3 Å². The molecule has 0 amide bonds. The van der Waals surface area contributed by atoms with Crippen LogP contribution in [0.25, 0.3) is 0 Å². The van der Waals surface area contributed by atoms with Crippen molar-refractivity contribution >= 4 is 27.0 Å². The molecule has 1 aliphatic heterocycles. The minimum absolute atomic E-state index is 0.276. The Morgan fingerprint density at radius 3 is 1.82 bits per heavy atom. The largest absolute Gasteiger partial charge is 0.369 e. The average Bonchev–Trinajstić information content (AvgIpc) is 2.15. The summed E-state index contributed by atoms with van der Waals surface area (Å²) in [5.74, 6) is 1.26. The first-order valence-electron chi connectivity index (χ1n) is 4.99. The fourth-order valence-electron chi connectivity index (χ4n) is 1.75. The molecule has 0 saturated carbocycles. The van der Waals surface area contributed by atoms with Crippen molar-refractivity contribution in [3.05, 3.63) is 0 Å². The zero-order valence-corrected chi connectivity index (χ0v) is 11.6. The third-order valence-electron chi connectivity index (χ3n) is 2.84. The van der Waals surface area contributed by atoms with Gasteiger partial charge in [-0.3, -0.25) is 9.13 Å². The third kappa shape index (κ3) is 3.55. The molecule has 10 heteroatoms. The van der Waals surface area contributed by atoms with Gasteiger partial charge in [0.2, 0.25) is 0 Å². The van der Waals surface area contributed by atoms with Gasteiger partial charge in [-0.25, -0.2) is 0 Å². The Hall–Kier alpha value is 0.610. The topological polar surface area (TPSA) is 135 Å². The van der Waals surface area contributed by atoms with E-state index in [0.717, 1.165) is 11.5 Å². The molecule has 0 aromatic heterocycles. The number of hydrogen-bond acceptors (Lipinski definition) is 4. The van der Waals surface area contributed by atoms with Crippen LogP contribution in [0.5, 0.6) is 0 Å². The summed E-state index contributed by atoms with van der Waals surface area (Å²) in [5, 5.41) is 6.46. The highest BCUT2D eigenvalue weighted by molar-refractivity contribution is 7.99. The summed E-state index contributed by atoms with van der Waals surface area (Å²) in [6, 6.07) is 0. The smallest absolute Gasteiger partial charge is 0.368 e. The number of hydrogen-bond donors (Lipinski definition) is 5. The lowest BCUT2D eigenvalue weighted by atomic mass is 9.99. The molecular formula is C7H16O7P2S. The van der Waals surface area contributed by atoms with E-state index in [-0.39, 0.29) is 5.92 Å². The van der Waals surface area contributed by atoms with Crippen LogP contribution in [0.2, 0.25) is 0 Å². The molecule has 0 aromatic carbocycles. The summed E-state index contributed by atoms with van der Waals surface area (Å²) < 4.78 is 22.2. The highest BCUT2D eigenvalue weighted by Gasteiger charge is 2.59. The quantitative estimate of drug-likeness (QED) is 0.474. The van der Waals surface area contributed by atoms with Crippen molar-refractivity contribution in [3.8, 4) is 0 Å². The van der Waals surface area contributed by atoms with Crippen LogP contribution in [0.1, 0.15) is 19.3 Å². The maximum atomic E-state index is 11.1. The Bertz CT molecular complexity index is 333. The van der Waals surface area contributed by atoms with Crippen LogP contribution < -0.4 is 0 Å². The zero-order chi connectivity index (χ0) is 13.3. The van der Waals surface area contributed by atoms with Crippen molar-refractivity contribution < 1.29 is 33.8 Å². The first-order chi connectivity index (χ1) is 7.58. The fraction of sp³-hybridized carbons (Fsp3) is 1.00. The van der Waals surface area contributed by atoms with Gasteiger partial charge in [0.1, 0.15) is 0 Å². The SMILES string of the molecule is O=P(O)(O)C(O)(CC1CCSCC1)P(=O)(O)O. The molecule has 0 unspecified atom stereocenters. The predicted octanol–water partition coefficient (Wildman–Crippen LogP) is 0.521. The third-order valence-corrected chi connectivity index (χ3v) is 7.68. The standard InChI is InChI=1S/C7H16O7P2S/c8-7(15(9,10)11,16(12,13)14)5-6-1-3-17-4-2-6/h6,8H,1-5H2,(H2,9,10,11)(H2,12,13,14). The Morgan fingerprint density at radius 2 is 1.47 bits per heavy atom. The normalized spacial score (nSPS) is 20.5. The predicted molar refractivity (Wildman–Crippen MR) is 63.7 cm³/mol.